The summed E-state index contributed by atoms with van der Waals surface area (Å²) in [6.45, 7) is 5.50. The van der Waals surface area contributed by atoms with Gasteiger partial charge in [-0.05, 0) is 50.1 Å². The summed E-state index contributed by atoms with van der Waals surface area (Å²) in [5.41, 5.74) is 8.32. The van der Waals surface area contributed by atoms with E-state index in [1.807, 2.05) is 32.0 Å². The third kappa shape index (κ3) is 4.10. The molecule has 1 atom stereocenters. The van der Waals surface area contributed by atoms with Gasteiger partial charge in [-0.1, -0.05) is 24.3 Å². The van der Waals surface area contributed by atoms with Gasteiger partial charge in [0.2, 0.25) is 0 Å². The summed E-state index contributed by atoms with van der Waals surface area (Å²) in [6.07, 6.45) is -0.768. The molecule has 0 fully saturated rings. The topological polar surface area (TPSA) is 81.4 Å². The van der Waals surface area contributed by atoms with E-state index in [1.165, 1.54) is 0 Å². The van der Waals surface area contributed by atoms with Gasteiger partial charge in [-0.2, -0.15) is 0 Å². The highest BCUT2D eigenvalue weighted by atomic mass is 16.5. The fourth-order valence-electron chi connectivity index (χ4n) is 2.12. The third-order valence-electron chi connectivity index (χ3n) is 3.48. The van der Waals surface area contributed by atoms with Crippen LogP contribution in [0.2, 0.25) is 0 Å². The van der Waals surface area contributed by atoms with Crippen molar-refractivity contribution < 1.29 is 14.3 Å². The lowest BCUT2D eigenvalue weighted by atomic mass is 10.1. The van der Waals surface area contributed by atoms with Crippen LogP contribution in [0.5, 0.6) is 5.75 Å². The molecular weight excluding hydrogens is 292 g/mol. The maximum absolute atomic E-state index is 12.3. The Morgan fingerprint density at radius 2 is 1.83 bits per heavy atom. The summed E-state index contributed by atoms with van der Waals surface area (Å²) < 4.78 is 5.60. The molecule has 0 saturated carbocycles. The third-order valence-corrected chi connectivity index (χ3v) is 3.48. The Hall–Kier alpha value is -2.82. The largest absolute Gasteiger partial charge is 0.480 e. The van der Waals surface area contributed by atoms with Gasteiger partial charge >= 0.3 is 0 Å². The minimum absolute atomic E-state index is 0.249. The number of nitrogens with one attached hydrogen (secondary N) is 1. The van der Waals surface area contributed by atoms with Crippen LogP contribution in [0.15, 0.2) is 42.5 Å². The lowest BCUT2D eigenvalue weighted by Crippen LogP contribution is -2.31. The Labute approximate surface area is 135 Å². The maximum Gasteiger partial charge on any atom is 0.265 e. The van der Waals surface area contributed by atoms with Crippen LogP contribution in [0.1, 0.15) is 28.4 Å². The monoisotopic (exact) mass is 312 g/mol. The van der Waals surface area contributed by atoms with Gasteiger partial charge in [0, 0.05) is 5.69 Å². The van der Waals surface area contributed by atoms with Crippen LogP contribution in [0.3, 0.4) is 0 Å². The van der Waals surface area contributed by atoms with Crippen LogP contribution in [0.4, 0.5) is 5.69 Å². The van der Waals surface area contributed by atoms with Crippen molar-refractivity contribution in [2.24, 2.45) is 5.73 Å². The number of para-hydroxylation sites is 1. The molecule has 0 aromatic heterocycles. The molecule has 23 heavy (non-hydrogen) atoms. The van der Waals surface area contributed by atoms with Crippen molar-refractivity contribution in [2.75, 3.05) is 5.32 Å². The average molecular weight is 312 g/mol. The summed E-state index contributed by atoms with van der Waals surface area (Å²) >= 11 is 0. The number of rotatable bonds is 5. The van der Waals surface area contributed by atoms with E-state index in [2.05, 4.69) is 5.32 Å². The van der Waals surface area contributed by atoms with Gasteiger partial charge < -0.3 is 15.8 Å². The number of nitrogens with two attached hydrogens (primary N) is 1. The van der Waals surface area contributed by atoms with E-state index in [-0.39, 0.29) is 11.5 Å². The van der Waals surface area contributed by atoms with Crippen LogP contribution in [0.25, 0.3) is 0 Å². The molecule has 0 aliphatic rings. The van der Waals surface area contributed by atoms with Crippen molar-refractivity contribution in [3.8, 4) is 5.75 Å². The molecule has 2 amide bonds. The first-order chi connectivity index (χ1) is 10.9. The molecule has 0 unspecified atom stereocenters. The molecule has 0 radical (unpaired) electrons. The van der Waals surface area contributed by atoms with Gasteiger partial charge in [0.25, 0.3) is 11.8 Å². The fraction of sp³-hybridized carbons (Fsp3) is 0.222. The van der Waals surface area contributed by atoms with E-state index in [0.717, 1.165) is 16.8 Å². The van der Waals surface area contributed by atoms with Crippen molar-refractivity contribution in [1.82, 2.24) is 0 Å². The van der Waals surface area contributed by atoms with Crippen LogP contribution in [0, 0.1) is 13.8 Å². The standard InChI is InChI=1S/C18H20N2O3/c1-11-8-9-12(2)15(10-11)20-18(22)13(3)23-16-7-5-4-6-14(16)17(19)21/h4-10,13H,1-3H3,(H2,19,21)(H,20,22)/t13-/m1/s1. The summed E-state index contributed by atoms with van der Waals surface area (Å²) in [6, 6.07) is 12.4. The molecule has 0 heterocycles. The molecule has 0 saturated heterocycles. The second-order valence-corrected chi connectivity index (χ2v) is 5.43. The number of amides is 2. The highest BCUT2D eigenvalue weighted by molar-refractivity contribution is 5.97. The molecule has 0 aliphatic heterocycles. The lowest BCUT2D eigenvalue weighted by Gasteiger charge is -2.17. The number of ether oxygens (including phenoxy) is 1. The number of carbonyl (C=O) groups excluding carboxylic acids is 2. The van der Waals surface area contributed by atoms with E-state index in [4.69, 9.17) is 10.5 Å². The number of primary amides is 1. The first-order valence-electron chi connectivity index (χ1n) is 7.32. The molecule has 0 spiro atoms. The Kier molecular flexibility index (Phi) is 5.01. The van der Waals surface area contributed by atoms with Crippen LogP contribution < -0.4 is 15.8 Å². The second kappa shape index (κ2) is 6.96. The molecule has 2 aromatic rings. The zero-order valence-electron chi connectivity index (χ0n) is 13.4. The van der Waals surface area contributed by atoms with Gasteiger partial charge in [-0.25, -0.2) is 0 Å². The number of aryl methyl sites for hydroxylation is 2. The molecular formula is C18H20N2O3. The first kappa shape index (κ1) is 16.5. The van der Waals surface area contributed by atoms with Gasteiger partial charge in [0.15, 0.2) is 6.10 Å². The average Bonchev–Trinajstić information content (AvgIpc) is 2.51. The van der Waals surface area contributed by atoms with Crippen molar-refractivity contribution in [2.45, 2.75) is 26.9 Å². The van der Waals surface area contributed by atoms with E-state index in [9.17, 15) is 9.59 Å². The number of anilines is 1. The number of hydrogen-bond acceptors (Lipinski definition) is 3. The normalized spacial score (nSPS) is 11.6. The Morgan fingerprint density at radius 3 is 2.52 bits per heavy atom. The molecule has 0 bridgehead atoms. The van der Waals surface area contributed by atoms with Crippen molar-refractivity contribution in [1.29, 1.82) is 0 Å². The second-order valence-electron chi connectivity index (χ2n) is 5.43. The summed E-state index contributed by atoms with van der Waals surface area (Å²) in [5, 5.41) is 2.84. The van der Waals surface area contributed by atoms with Crippen molar-refractivity contribution in [3.05, 3.63) is 59.2 Å². The van der Waals surface area contributed by atoms with E-state index < -0.39 is 12.0 Å². The van der Waals surface area contributed by atoms with Crippen LogP contribution in [-0.2, 0) is 4.79 Å². The predicted octanol–water partition coefficient (Wildman–Crippen LogP) is 2.81. The smallest absolute Gasteiger partial charge is 0.265 e. The van der Waals surface area contributed by atoms with Crippen molar-refractivity contribution in [3.63, 3.8) is 0 Å². The molecule has 5 heteroatoms. The number of benzene rings is 2. The predicted molar refractivity (Wildman–Crippen MR) is 89.6 cm³/mol. The zero-order valence-corrected chi connectivity index (χ0v) is 13.4. The summed E-state index contributed by atoms with van der Waals surface area (Å²) in [5.74, 6) is -0.593. The van der Waals surface area contributed by atoms with Gasteiger partial charge in [0.1, 0.15) is 5.75 Å². The van der Waals surface area contributed by atoms with Crippen LogP contribution >= 0.6 is 0 Å². The van der Waals surface area contributed by atoms with Crippen LogP contribution in [-0.4, -0.2) is 17.9 Å². The lowest BCUT2D eigenvalue weighted by molar-refractivity contribution is -0.122. The van der Waals surface area contributed by atoms with E-state index >= 15 is 0 Å². The SMILES string of the molecule is Cc1ccc(C)c(NC(=O)[C@@H](C)Oc2ccccc2C(N)=O)c1. The van der Waals surface area contributed by atoms with Gasteiger partial charge in [-0.15, -0.1) is 0 Å². The highest BCUT2D eigenvalue weighted by Crippen LogP contribution is 2.20. The van der Waals surface area contributed by atoms with E-state index in [0.29, 0.717) is 5.75 Å². The first-order valence-corrected chi connectivity index (χ1v) is 7.32. The highest BCUT2D eigenvalue weighted by Gasteiger charge is 2.18. The fourth-order valence-corrected chi connectivity index (χ4v) is 2.12. The quantitative estimate of drug-likeness (QED) is 0.890. The minimum Gasteiger partial charge on any atom is -0.480 e. The molecule has 120 valence electrons. The number of carbonyl (C=O) groups is 2. The minimum atomic E-state index is -0.768. The zero-order chi connectivity index (χ0) is 17.0. The Morgan fingerprint density at radius 1 is 1.13 bits per heavy atom. The van der Waals surface area contributed by atoms with Crippen molar-refractivity contribution >= 4 is 17.5 Å². The molecule has 3 N–H and O–H groups in total. The van der Waals surface area contributed by atoms with Gasteiger partial charge in [-0.3, -0.25) is 9.59 Å². The molecule has 2 rings (SSSR count). The summed E-state index contributed by atoms with van der Waals surface area (Å²) in [4.78, 5) is 23.7. The molecule has 5 nitrogen and oxygen atoms in total. The molecule has 2 aromatic carbocycles. The van der Waals surface area contributed by atoms with E-state index in [1.54, 1.807) is 31.2 Å². The maximum atomic E-state index is 12.3. The van der Waals surface area contributed by atoms with Gasteiger partial charge in [0.05, 0.1) is 5.56 Å². The summed E-state index contributed by atoms with van der Waals surface area (Å²) in [7, 11) is 0. The number of hydrogen-bond donors (Lipinski definition) is 2. The molecule has 0 aliphatic carbocycles. The Bertz CT molecular complexity index is 741. The Balaban J connectivity index is 2.12.